The maximum atomic E-state index is 10.3. The third-order valence-corrected chi connectivity index (χ3v) is 1.98. The summed E-state index contributed by atoms with van der Waals surface area (Å²) in [6.45, 7) is 0.923. The van der Waals surface area contributed by atoms with Crippen molar-refractivity contribution in [1.82, 2.24) is 4.98 Å². The first-order chi connectivity index (χ1) is 7.56. The average molecular weight is 224 g/mol. The summed E-state index contributed by atoms with van der Waals surface area (Å²) >= 11 is 0. The van der Waals surface area contributed by atoms with Gasteiger partial charge in [-0.25, -0.2) is 0 Å². The molecule has 0 bridgehead atoms. The molecule has 1 heterocycles. The van der Waals surface area contributed by atoms with E-state index in [1.165, 1.54) is 12.4 Å². The van der Waals surface area contributed by atoms with Crippen LogP contribution in [0.3, 0.4) is 0 Å². The maximum absolute atomic E-state index is 10.3. The third kappa shape index (κ3) is 2.77. The van der Waals surface area contributed by atoms with Gasteiger partial charge in [-0.1, -0.05) is 0 Å². The Balaban J connectivity index is 3.05. The number of carboxylic acid groups (broad SMARTS) is 1. The number of hydrogen-bond donors (Lipinski definition) is 3. The van der Waals surface area contributed by atoms with Gasteiger partial charge in [0.25, 0.3) is 0 Å². The van der Waals surface area contributed by atoms with E-state index >= 15 is 0 Å². The molecule has 1 aromatic heterocycles. The first-order valence-corrected chi connectivity index (χ1v) is 4.56. The summed E-state index contributed by atoms with van der Waals surface area (Å²) in [7, 11) is 0. The number of carboxylic acids is 1. The molecule has 16 heavy (non-hydrogen) atoms. The van der Waals surface area contributed by atoms with E-state index in [-0.39, 0.29) is 18.9 Å². The van der Waals surface area contributed by atoms with Gasteiger partial charge < -0.3 is 15.3 Å². The van der Waals surface area contributed by atoms with Crippen LogP contribution >= 0.6 is 0 Å². The van der Waals surface area contributed by atoms with Crippen molar-refractivity contribution in [2.24, 2.45) is 4.99 Å². The first-order valence-electron chi connectivity index (χ1n) is 4.56. The number of hydrogen-bond acceptors (Lipinski definition) is 5. The zero-order valence-corrected chi connectivity index (χ0v) is 8.71. The summed E-state index contributed by atoms with van der Waals surface area (Å²) in [6, 6.07) is 0. The Hall–Kier alpha value is -1.95. The van der Waals surface area contributed by atoms with Gasteiger partial charge in [-0.3, -0.25) is 14.8 Å². The number of rotatable bonds is 4. The fourth-order valence-electron chi connectivity index (χ4n) is 1.14. The number of nitrogens with zero attached hydrogens (tertiary/aromatic N) is 2. The van der Waals surface area contributed by atoms with Crippen molar-refractivity contribution in [3.05, 3.63) is 23.0 Å². The molecular weight excluding hydrogens is 212 g/mol. The quantitative estimate of drug-likeness (QED) is 0.629. The van der Waals surface area contributed by atoms with Crippen molar-refractivity contribution >= 4 is 12.2 Å². The topological polar surface area (TPSA) is 103 Å². The highest BCUT2D eigenvalue weighted by Gasteiger charge is 2.09. The monoisotopic (exact) mass is 224 g/mol. The molecule has 0 aliphatic carbocycles. The van der Waals surface area contributed by atoms with E-state index in [2.05, 4.69) is 9.98 Å². The molecule has 86 valence electrons. The summed E-state index contributed by atoms with van der Waals surface area (Å²) in [4.78, 5) is 17.8. The van der Waals surface area contributed by atoms with Crippen LogP contribution in [0.5, 0.6) is 5.75 Å². The van der Waals surface area contributed by atoms with Crippen molar-refractivity contribution in [1.29, 1.82) is 0 Å². The normalized spacial score (nSPS) is 10.9. The Morgan fingerprint density at radius 3 is 2.88 bits per heavy atom. The molecule has 3 N–H and O–H groups in total. The molecule has 6 nitrogen and oxygen atoms in total. The molecule has 0 amide bonds. The number of pyridine rings is 1. The van der Waals surface area contributed by atoms with Gasteiger partial charge in [-0.15, -0.1) is 0 Å². The van der Waals surface area contributed by atoms with Gasteiger partial charge >= 0.3 is 5.97 Å². The van der Waals surface area contributed by atoms with Gasteiger partial charge in [-0.2, -0.15) is 0 Å². The summed E-state index contributed by atoms with van der Waals surface area (Å²) < 4.78 is 0. The molecule has 6 heteroatoms. The van der Waals surface area contributed by atoms with Gasteiger partial charge in [0.1, 0.15) is 12.3 Å². The number of aromatic nitrogens is 1. The predicted octanol–water partition coefficient (Wildman–Crippen LogP) is 0.0914. The molecule has 1 rings (SSSR count). The van der Waals surface area contributed by atoms with E-state index in [0.29, 0.717) is 16.8 Å². The minimum atomic E-state index is -1.06. The van der Waals surface area contributed by atoms with E-state index in [9.17, 15) is 9.90 Å². The van der Waals surface area contributed by atoms with Crippen LogP contribution in [0.25, 0.3) is 0 Å². The van der Waals surface area contributed by atoms with Gasteiger partial charge in [0, 0.05) is 23.5 Å². The standard InChI is InChI=1S/C10H12N2O4/c1-6-10(16)8(3-11-4-9(14)15)7(5-13)2-12-6/h2-3,13,16H,4-5H2,1H3,(H,14,15). The SMILES string of the molecule is Cc1ncc(CO)c(C=NCC(=O)O)c1O. The molecule has 0 aliphatic rings. The van der Waals surface area contributed by atoms with Crippen LogP contribution in [0.1, 0.15) is 16.8 Å². The Kier molecular flexibility index (Phi) is 3.96. The maximum Gasteiger partial charge on any atom is 0.325 e. The van der Waals surface area contributed by atoms with Crippen LogP contribution in [-0.2, 0) is 11.4 Å². The van der Waals surface area contributed by atoms with Gasteiger partial charge in [0.2, 0.25) is 0 Å². The van der Waals surface area contributed by atoms with E-state index in [4.69, 9.17) is 10.2 Å². The Morgan fingerprint density at radius 1 is 1.62 bits per heavy atom. The molecule has 0 fully saturated rings. The zero-order chi connectivity index (χ0) is 12.1. The first kappa shape index (κ1) is 12.1. The summed E-state index contributed by atoms with van der Waals surface area (Å²) in [5.41, 5.74) is 1.10. The highest BCUT2D eigenvalue weighted by molar-refractivity contribution is 5.87. The van der Waals surface area contributed by atoms with Crippen LogP contribution in [0, 0.1) is 6.92 Å². The number of aliphatic carboxylic acids is 1. The van der Waals surface area contributed by atoms with Gasteiger partial charge in [0.05, 0.1) is 12.3 Å². The summed E-state index contributed by atoms with van der Waals surface area (Å²) in [5.74, 6) is -1.16. The van der Waals surface area contributed by atoms with Crippen molar-refractivity contribution in [2.75, 3.05) is 6.54 Å². The third-order valence-electron chi connectivity index (χ3n) is 1.98. The molecular formula is C10H12N2O4. The second-order valence-electron chi connectivity index (χ2n) is 3.15. The van der Waals surface area contributed by atoms with Crippen LogP contribution < -0.4 is 0 Å². The van der Waals surface area contributed by atoms with Crippen molar-refractivity contribution in [3.8, 4) is 5.75 Å². The molecule has 0 saturated carbocycles. The highest BCUT2D eigenvalue weighted by Crippen LogP contribution is 2.21. The number of aromatic hydroxyl groups is 1. The lowest BCUT2D eigenvalue weighted by Crippen LogP contribution is -2.02. The minimum Gasteiger partial charge on any atom is -0.505 e. The Labute approximate surface area is 91.9 Å². The lowest BCUT2D eigenvalue weighted by atomic mass is 10.1. The second-order valence-corrected chi connectivity index (χ2v) is 3.15. The summed E-state index contributed by atoms with van der Waals surface area (Å²) in [6.07, 6.45) is 2.64. The fourth-order valence-corrected chi connectivity index (χ4v) is 1.14. The molecule has 0 aliphatic heterocycles. The largest absolute Gasteiger partial charge is 0.505 e. The lowest BCUT2D eigenvalue weighted by molar-refractivity contribution is -0.135. The summed E-state index contributed by atoms with van der Waals surface area (Å²) in [5, 5.41) is 27.1. The van der Waals surface area contributed by atoms with E-state index in [1.54, 1.807) is 6.92 Å². The number of aryl methyl sites for hydroxylation is 1. The van der Waals surface area contributed by atoms with Crippen LogP contribution in [0.4, 0.5) is 0 Å². The van der Waals surface area contributed by atoms with E-state index in [0.717, 1.165) is 0 Å². The second kappa shape index (κ2) is 5.22. The number of aliphatic imine (C=N–C) groups is 1. The molecule has 0 radical (unpaired) electrons. The van der Waals surface area contributed by atoms with E-state index < -0.39 is 5.97 Å². The molecule has 1 aromatic rings. The number of carbonyl (C=O) groups is 1. The van der Waals surface area contributed by atoms with Crippen LogP contribution in [0.15, 0.2) is 11.2 Å². The molecule has 0 atom stereocenters. The van der Waals surface area contributed by atoms with Crippen LogP contribution in [-0.4, -0.2) is 39.0 Å². The molecule has 0 aromatic carbocycles. The van der Waals surface area contributed by atoms with Gasteiger partial charge in [-0.05, 0) is 6.92 Å². The van der Waals surface area contributed by atoms with Gasteiger partial charge in [0.15, 0.2) is 0 Å². The average Bonchev–Trinajstić information content (AvgIpc) is 2.24. The molecule has 0 spiro atoms. The Bertz CT molecular complexity index is 429. The predicted molar refractivity (Wildman–Crippen MR) is 56.7 cm³/mol. The smallest absolute Gasteiger partial charge is 0.325 e. The van der Waals surface area contributed by atoms with Crippen molar-refractivity contribution in [2.45, 2.75) is 13.5 Å². The number of aliphatic hydroxyl groups is 1. The fraction of sp³-hybridized carbons (Fsp3) is 0.300. The van der Waals surface area contributed by atoms with Crippen molar-refractivity contribution in [3.63, 3.8) is 0 Å². The van der Waals surface area contributed by atoms with E-state index in [1.807, 2.05) is 0 Å². The molecule has 0 unspecified atom stereocenters. The molecule has 0 saturated heterocycles. The Morgan fingerprint density at radius 2 is 2.31 bits per heavy atom. The van der Waals surface area contributed by atoms with Crippen LogP contribution in [0.2, 0.25) is 0 Å². The van der Waals surface area contributed by atoms with Crippen molar-refractivity contribution < 1.29 is 20.1 Å². The minimum absolute atomic E-state index is 0.0966. The lowest BCUT2D eigenvalue weighted by Gasteiger charge is -2.06. The number of aliphatic hydroxyl groups excluding tert-OH is 1. The zero-order valence-electron chi connectivity index (χ0n) is 8.71. The highest BCUT2D eigenvalue weighted by atomic mass is 16.4.